The monoisotopic (exact) mass is 453 g/mol. The van der Waals surface area contributed by atoms with Gasteiger partial charge in [-0.25, -0.2) is 16.8 Å². The molecule has 3 rings (SSSR count). The van der Waals surface area contributed by atoms with E-state index < -0.39 is 20.0 Å². The average molecular weight is 454 g/mol. The Kier molecular flexibility index (Phi) is 6.71. The first kappa shape index (κ1) is 22.5. The molecule has 0 saturated carbocycles. The van der Waals surface area contributed by atoms with Gasteiger partial charge >= 0.3 is 0 Å². The Hall–Kier alpha value is -2.14. The van der Waals surface area contributed by atoms with E-state index in [2.05, 4.69) is 9.62 Å². The molecule has 2 aromatic rings. The standard InChI is InChI=1S/C20H27N3O5S2/c1-4-28-20-10-9-19(15-16(20)2)29(24,25)21-17-5-7-18(8-6-17)30(26,27)23-13-11-22(3)12-14-23/h5-10,15,21H,4,11-14H2,1-3H3. The Bertz CT molecular complexity index is 1090. The molecule has 0 amide bonds. The molecular formula is C20H27N3O5S2. The number of piperazine rings is 1. The number of nitrogens with zero attached hydrogens (tertiary/aromatic N) is 2. The van der Waals surface area contributed by atoms with Crippen molar-refractivity contribution in [3.05, 3.63) is 48.0 Å². The number of aryl methyl sites for hydroxylation is 1. The summed E-state index contributed by atoms with van der Waals surface area (Å²) in [6.07, 6.45) is 0. The zero-order valence-corrected chi connectivity index (χ0v) is 19.0. The molecule has 0 unspecified atom stereocenters. The fourth-order valence-electron chi connectivity index (χ4n) is 3.19. The van der Waals surface area contributed by atoms with Crippen molar-refractivity contribution in [2.45, 2.75) is 23.6 Å². The molecule has 8 nitrogen and oxygen atoms in total. The Morgan fingerprint density at radius 3 is 2.10 bits per heavy atom. The van der Waals surface area contributed by atoms with Gasteiger partial charge in [-0.2, -0.15) is 4.31 Å². The van der Waals surface area contributed by atoms with Gasteiger partial charge in [0.1, 0.15) is 5.75 Å². The van der Waals surface area contributed by atoms with Crippen LogP contribution in [0.2, 0.25) is 0 Å². The van der Waals surface area contributed by atoms with Crippen molar-refractivity contribution in [2.24, 2.45) is 0 Å². The van der Waals surface area contributed by atoms with E-state index in [-0.39, 0.29) is 9.79 Å². The van der Waals surface area contributed by atoms with Crippen LogP contribution in [0.5, 0.6) is 5.75 Å². The highest BCUT2D eigenvalue weighted by Gasteiger charge is 2.27. The molecule has 164 valence electrons. The van der Waals surface area contributed by atoms with Gasteiger partial charge < -0.3 is 9.64 Å². The van der Waals surface area contributed by atoms with Crippen LogP contribution in [-0.4, -0.2) is 65.9 Å². The molecule has 10 heteroatoms. The highest BCUT2D eigenvalue weighted by molar-refractivity contribution is 7.92. The summed E-state index contributed by atoms with van der Waals surface area (Å²) in [6, 6.07) is 10.4. The van der Waals surface area contributed by atoms with Gasteiger partial charge in [-0.05, 0) is 68.9 Å². The molecule has 0 atom stereocenters. The summed E-state index contributed by atoms with van der Waals surface area (Å²) < 4.78 is 60.4. The Morgan fingerprint density at radius 2 is 1.53 bits per heavy atom. The van der Waals surface area contributed by atoms with Crippen LogP contribution in [0.3, 0.4) is 0 Å². The van der Waals surface area contributed by atoms with Crippen LogP contribution in [0.25, 0.3) is 0 Å². The SMILES string of the molecule is CCOc1ccc(S(=O)(=O)Nc2ccc(S(=O)(=O)N3CCN(C)CC3)cc2)cc1C. The van der Waals surface area contributed by atoms with E-state index >= 15 is 0 Å². The van der Waals surface area contributed by atoms with Crippen LogP contribution in [0.15, 0.2) is 52.3 Å². The Morgan fingerprint density at radius 1 is 0.933 bits per heavy atom. The fourth-order valence-corrected chi connectivity index (χ4v) is 5.76. The van der Waals surface area contributed by atoms with Gasteiger partial charge in [0.15, 0.2) is 0 Å². The molecule has 1 N–H and O–H groups in total. The van der Waals surface area contributed by atoms with E-state index in [0.29, 0.717) is 49.8 Å². The molecule has 0 aliphatic carbocycles. The zero-order chi connectivity index (χ0) is 21.9. The van der Waals surface area contributed by atoms with E-state index in [1.54, 1.807) is 19.1 Å². The van der Waals surface area contributed by atoms with Crippen molar-refractivity contribution in [3.63, 3.8) is 0 Å². The zero-order valence-electron chi connectivity index (χ0n) is 17.3. The van der Waals surface area contributed by atoms with Crippen LogP contribution in [0.4, 0.5) is 5.69 Å². The summed E-state index contributed by atoms with van der Waals surface area (Å²) in [5.74, 6) is 0.634. The molecular weight excluding hydrogens is 426 g/mol. The highest BCUT2D eigenvalue weighted by Crippen LogP contribution is 2.25. The average Bonchev–Trinajstić information content (AvgIpc) is 2.70. The van der Waals surface area contributed by atoms with Gasteiger partial charge in [-0.3, -0.25) is 4.72 Å². The quantitative estimate of drug-likeness (QED) is 0.690. The summed E-state index contributed by atoms with van der Waals surface area (Å²) in [5.41, 5.74) is 1.01. The van der Waals surface area contributed by atoms with Crippen molar-refractivity contribution >= 4 is 25.7 Å². The van der Waals surface area contributed by atoms with E-state index in [9.17, 15) is 16.8 Å². The van der Waals surface area contributed by atoms with E-state index in [4.69, 9.17) is 4.74 Å². The van der Waals surface area contributed by atoms with Crippen molar-refractivity contribution < 1.29 is 21.6 Å². The van der Waals surface area contributed by atoms with Gasteiger partial charge in [-0.15, -0.1) is 0 Å². The second-order valence-electron chi connectivity index (χ2n) is 7.20. The molecule has 0 bridgehead atoms. The van der Waals surface area contributed by atoms with Gasteiger partial charge in [0, 0.05) is 31.9 Å². The smallest absolute Gasteiger partial charge is 0.261 e. The first-order chi connectivity index (χ1) is 14.1. The number of likely N-dealkylation sites (N-methyl/N-ethyl adjacent to an activating group) is 1. The number of anilines is 1. The Balaban J connectivity index is 1.76. The van der Waals surface area contributed by atoms with Crippen LogP contribution in [0.1, 0.15) is 12.5 Å². The fraction of sp³-hybridized carbons (Fsp3) is 0.400. The number of ether oxygens (including phenoxy) is 1. The van der Waals surface area contributed by atoms with E-state index in [1.165, 1.54) is 34.6 Å². The first-order valence-corrected chi connectivity index (χ1v) is 12.6. The molecule has 2 aromatic carbocycles. The number of rotatable bonds is 7. The summed E-state index contributed by atoms with van der Waals surface area (Å²) in [4.78, 5) is 2.33. The predicted octanol–water partition coefficient (Wildman–Crippen LogP) is 2.13. The Labute approximate surface area is 178 Å². The molecule has 1 heterocycles. The lowest BCUT2D eigenvalue weighted by molar-refractivity contribution is 0.222. The second-order valence-corrected chi connectivity index (χ2v) is 10.8. The molecule has 0 radical (unpaired) electrons. The minimum atomic E-state index is -3.81. The third-order valence-electron chi connectivity index (χ3n) is 4.96. The number of benzene rings is 2. The van der Waals surface area contributed by atoms with Gasteiger partial charge in [0.05, 0.1) is 16.4 Å². The van der Waals surface area contributed by atoms with Crippen molar-refractivity contribution in [3.8, 4) is 5.75 Å². The largest absolute Gasteiger partial charge is 0.494 e. The maximum atomic E-state index is 12.8. The summed E-state index contributed by atoms with van der Waals surface area (Å²) in [7, 11) is -5.46. The number of hydrogen-bond donors (Lipinski definition) is 1. The van der Waals surface area contributed by atoms with Gasteiger partial charge in [0.2, 0.25) is 10.0 Å². The van der Waals surface area contributed by atoms with Gasteiger partial charge in [0.25, 0.3) is 10.0 Å². The minimum Gasteiger partial charge on any atom is -0.494 e. The van der Waals surface area contributed by atoms with Crippen LogP contribution >= 0.6 is 0 Å². The number of sulfonamides is 2. The third-order valence-corrected chi connectivity index (χ3v) is 8.25. The van der Waals surface area contributed by atoms with Crippen LogP contribution < -0.4 is 9.46 Å². The second kappa shape index (κ2) is 8.93. The molecule has 0 aromatic heterocycles. The minimum absolute atomic E-state index is 0.109. The van der Waals surface area contributed by atoms with Crippen molar-refractivity contribution in [2.75, 3.05) is 44.6 Å². The summed E-state index contributed by atoms with van der Waals surface area (Å²) in [5, 5.41) is 0. The molecule has 1 fully saturated rings. The number of nitrogens with one attached hydrogen (secondary N) is 1. The topological polar surface area (TPSA) is 96.0 Å². The van der Waals surface area contributed by atoms with E-state index in [0.717, 1.165) is 0 Å². The van der Waals surface area contributed by atoms with Crippen LogP contribution in [-0.2, 0) is 20.0 Å². The number of hydrogen-bond acceptors (Lipinski definition) is 6. The van der Waals surface area contributed by atoms with Crippen molar-refractivity contribution in [1.82, 2.24) is 9.21 Å². The summed E-state index contributed by atoms with van der Waals surface area (Å²) in [6.45, 7) is 6.36. The van der Waals surface area contributed by atoms with Crippen LogP contribution in [0, 0.1) is 6.92 Å². The lowest BCUT2D eigenvalue weighted by Crippen LogP contribution is -2.46. The van der Waals surface area contributed by atoms with Gasteiger partial charge in [-0.1, -0.05) is 0 Å². The highest BCUT2D eigenvalue weighted by atomic mass is 32.2. The first-order valence-electron chi connectivity index (χ1n) is 9.68. The normalized spacial score (nSPS) is 16.4. The molecule has 0 spiro atoms. The predicted molar refractivity (Wildman–Crippen MR) is 116 cm³/mol. The lowest BCUT2D eigenvalue weighted by atomic mass is 10.2. The summed E-state index contributed by atoms with van der Waals surface area (Å²) >= 11 is 0. The molecule has 1 aliphatic heterocycles. The maximum absolute atomic E-state index is 12.8. The van der Waals surface area contributed by atoms with E-state index in [1.807, 2.05) is 14.0 Å². The molecule has 30 heavy (non-hydrogen) atoms. The maximum Gasteiger partial charge on any atom is 0.261 e. The lowest BCUT2D eigenvalue weighted by Gasteiger charge is -2.31. The molecule has 1 aliphatic rings. The molecule has 1 saturated heterocycles. The third kappa shape index (κ3) is 4.94. The van der Waals surface area contributed by atoms with Crippen molar-refractivity contribution in [1.29, 1.82) is 0 Å².